The summed E-state index contributed by atoms with van der Waals surface area (Å²) in [5.41, 5.74) is 3.08. The van der Waals surface area contributed by atoms with Gasteiger partial charge in [0.25, 0.3) is 10.0 Å². The van der Waals surface area contributed by atoms with Crippen LogP contribution in [0.1, 0.15) is 29.5 Å². The first-order valence-corrected chi connectivity index (χ1v) is 13.6. The highest BCUT2D eigenvalue weighted by Gasteiger charge is 2.28. The number of carbonyl (C=O) groups is 2. The van der Waals surface area contributed by atoms with Crippen molar-refractivity contribution in [3.8, 4) is 5.75 Å². The van der Waals surface area contributed by atoms with Crippen molar-refractivity contribution in [2.75, 3.05) is 24.5 Å². The second-order valence-electron chi connectivity index (χ2n) is 8.99. The van der Waals surface area contributed by atoms with E-state index in [1.165, 1.54) is 19.2 Å². The molecule has 0 bridgehead atoms. The fourth-order valence-corrected chi connectivity index (χ4v) is 5.67. The van der Waals surface area contributed by atoms with Crippen molar-refractivity contribution in [2.24, 2.45) is 0 Å². The minimum atomic E-state index is -4.03. The Kier molecular flexibility index (Phi) is 8.13. The topological polar surface area (TPSA) is 96.0 Å². The van der Waals surface area contributed by atoms with Crippen molar-refractivity contribution in [1.29, 1.82) is 0 Å². The molecule has 3 aromatic rings. The molecule has 0 spiro atoms. The Hall–Kier alpha value is -3.85. The number of nitrogens with zero attached hydrogens (tertiary/aromatic N) is 2. The van der Waals surface area contributed by atoms with E-state index in [0.717, 1.165) is 34.0 Å². The summed E-state index contributed by atoms with van der Waals surface area (Å²) in [7, 11) is -2.53. The largest absolute Gasteiger partial charge is 0.497 e. The first-order chi connectivity index (χ1) is 17.8. The molecule has 1 fully saturated rings. The zero-order chi connectivity index (χ0) is 26.4. The predicted octanol–water partition coefficient (Wildman–Crippen LogP) is 3.64. The second-order valence-corrected chi connectivity index (χ2v) is 10.9. The van der Waals surface area contributed by atoms with Gasteiger partial charge in [0.1, 0.15) is 12.3 Å². The molecule has 37 heavy (non-hydrogen) atoms. The quantitative estimate of drug-likeness (QED) is 0.440. The number of nitrogens with one attached hydrogen (secondary N) is 1. The van der Waals surface area contributed by atoms with Gasteiger partial charge in [-0.1, -0.05) is 48.0 Å². The summed E-state index contributed by atoms with van der Waals surface area (Å²) in [6.07, 6.45) is 1.42. The van der Waals surface area contributed by atoms with Crippen LogP contribution in [0.15, 0.2) is 77.7 Å². The van der Waals surface area contributed by atoms with E-state index >= 15 is 0 Å². The summed E-state index contributed by atoms with van der Waals surface area (Å²) in [6.45, 7) is 2.90. The number of amides is 2. The molecule has 0 aliphatic carbocycles. The summed E-state index contributed by atoms with van der Waals surface area (Å²) >= 11 is 0. The highest BCUT2D eigenvalue weighted by atomic mass is 32.2. The Morgan fingerprint density at radius 2 is 1.76 bits per heavy atom. The van der Waals surface area contributed by atoms with Crippen LogP contribution in [0.25, 0.3) is 0 Å². The Labute approximate surface area is 217 Å². The number of anilines is 1. The van der Waals surface area contributed by atoms with Gasteiger partial charge < -0.3 is 15.0 Å². The zero-order valence-corrected chi connectivity index (χ0v) is 21.8. The van der Waals surface area contributed by atoms with Gasteiger partial charge in [-0.2, -0.15) is 0 Å². The smallest absolute Gasteiger partial charge is 0.264 e. The first kappa shape index (κ1) is 26.2. The molecule has 9 heteroatoms. The molecule has 4 rings (SSSR count). The number of ether oxygens (including phenoxy) is 1. The molecule has 2 amide bonds. The van der Waals surface area contributed by atoms with E-state index in [9.17, 15) is 18.0 Å². The van der Waals surface area contributed by atoms with E-state index in [4.69, 9.17) is 4.74 Å². The summed E-state index contributed by atoms with van der Waals surface area (Å²) in [6, 6.07) is 20.7. The van der Waals surface area contributed by atoms with Crippen LogP contribution in [0.4, 0.5) is 5.69 Å². The molecule has 0 unspecified atom stereocenters. The van der Waals surface area contributed by atoms with Crippen molar-refractivity contribution in [2.45, 2.75) is 37.8 Å². The number of rotatable bonds is 10. The molecule has 194 valence electrons. The van der Waals surface area contributed by atoms with Gasteiger partial charge in [-0.05, 0) is 48.7 Å². The minimum Gasteiger partial charge on any atom is -0.497 e. The third-order valence-corrected chi connectivity index (χ3v) is 8.15. The predicted molar refractivity (Wildman–Crippen MR) is 142 cm³/mol. The van der Waals surface area contributed by atoms with E-state index < -0.39 is 22.5 Å². The van der Waals surface area contributed by atoms with E-state index in [1.54, 1.807) is 36.4 Å². The normalized spacial score (nSPS) is 13.5. The van der Waals surface area contributed by atoms with Gasteiger partial charge in [0.15, 0.2) is 0 Å². The minimum absolute atomic E-state index is 0.0920. The van der Waals surface area contributed by atoms with Crippen LogP contribution in [-0.4, -0.2) is 45.3 Å². The third-order valence-electron chi connectivity index (χ3n) is 6.36. The van der Waals surface area contributed by atoms with Crippen LogP contribution >= 0.6 is 0 Å². The molecule has 8 nitrogen and oxygen atoms in total. The van der Waals surface area contributed by atoms with E-state index in [1.807, 2.05) is 36.1 Å². The monoisotopic (exact) mass is 521 g/mol. The van der Waals surface area contributed by atoms with Crippen LogP contribution in [0.5, 0.6) is 5.75 Å². The third kappa shape index (κ3) is 6.29. The highest BCUT2D eigenvalue weighted by molar-refractivity contribution is 7.92. The van der Waals surface area contributed by atoms with E-state index in [2.05, 4.69) is 5.32 Å². The van der Waals surface area contributed by atoms with Gasteiger partial charge in [0, 0.05) is 32.1 Å². The summed E-state index contributed by atoms with van der Waals surface area (Å²) in [5.74, 6) is 0.159. The molecular formula is C28H31N3O5S. The lowest BCUT2D eigenvalue weighted by Crippen LogP contribution is -2.40. The molecule has 0 radical (unpaired) electrons. The Balaban J connectivity index is 1.54. The molecule has 1 aliphatic heterocycles. The molecule has 0 saturated carbocycles. The summed E-state index contributed by atoms with van der Waals surface area (Å²) in [4.78, 5) is 27.1. The van der Waals surface area contributed by atoms with Crippen LogP contribution in [0.3, 0.4) is 0 Å². The molecular weight excluding hydrogens is 490 g/mol. The Bertz CT molecular complexity index is 1370. The molecule has 1 aliphatic rings. The van der Waals surface area contributed by atoms with Gasteiger partial charge in [-0.15, -0.1) is 0 Å². The van der Waals surface area contributed by atoms with Gasteiger partial charge in [-0.3, -0.25) is 13.9 Å². The maximum atomic E-state index is 13.6. The molecule has 3 aromatic carbocycles. The van der Waals surface area contributed by atoms with Crippen molar-refractivity contribution in [3.63, 3.8) is 0 Å². The number of methoxy groups -OCH3 is 1. The van der Waals surface area contributed by atoms with Gasteiger partial charge in [0.2, 0.25) is 11.8 Å². The number of sulfonamides is 1. The summed E-state index contributed by atoms with van der Waals surface area (Å²) in [5, 5.41) is 2.86. The number of hydrogen-bond acceptors (Lipinski definition) is 5. The molecule has 1 saturated heterocycles. The maximum Gasteiger partial charge on any atom is 0.264 e. The lowest BCUT2D eigenvalue weighted by atomic mass is 10.1. The standard InChI is InChI=1S/C28H31N3O5S/c1-21-12-14-26(15-13-21)37(34,35)31(24-9-5-10-25(17-24)36-2)20-27(32)29-18-22-7-3-4-8-23(22)19-30-16-6-11-28(30)33/h3-5,7-10,12-15,17H,6,11,16,18-20H2,1-2H3,(H,29,32). The number of aryl methyl sites for hydroxylation is 1. The lowest BCUT2D eigenvalue weighted by molar-refractivity contribution is -0.128. The Morgan fingerprint density at radius 3 is 2.43 bits per heavy atom. The first-order valence-electron chi connectivity index (χ1n) is 12.1. The average Bonchev–Trinajstić information content (AvgIpc) is 3.31. The van der Waals surface area contributed by atoms with Gasteiger partial charge in [0.05, 0.1) is 17.7 Å². The summed E-state index contributed by atoms with van der Waals surface area (Å²) < 4.78 is 33.6. The van der Waals surface area contributed by atoms with Crippen molar-refractivity contribution < 1.29 is 22.7 Å². The van der Waals surface area contributed by atoms with E-state index in [-0.39, 0.29) is 17.3 Å². The molecule has 1 N–H and O–H groups in total. The van der Waals surface area contributed by atoms with Gasteiger partial charge in [-0.25, -0.2) is 8.42 Å². The maximum absolute atomic E-state index is 13.6. The SMILES string of the molecule is COc1cccc(N(CC(=O)NCc2ccccc2CN2CCCC2=O)S(=O)(=O)c2ccc(C)cc2)c1. The number of hydrogen-bond donors (Lipinski definition) is 1. The lowest BCUT2D eigenvalue weighted by Gasteiger charge is -2.25. The van der Waals surface area contributed by atoms with Crippen LogP contribution < -0.4 is 14.4 Å². The van der Waals surface area contributed by atoms with Crippen molar-refractivity contribution in [1.82, 2.24) is 10.2 Å². The number of likely N-dealkylation sites (tertiary alicyclic amines) is 1. The molecule has 1 heterocycles. The fraction of sp³-hybridized carbons (Fsp3) is 0.286. The highest BCUT2D eigenvalue weighted by Crippen LogP contribution is 2.27. The number of benzene rings is 3. The van der Waals surface area contributed by atoms with Crippen LogP contribution in [0, 0.1) is 6.92 Å². The van der Waals surface area contributed by atoms with Crippen molar-refractivity contribution >= 4 is 27.5 Å². The fourth-order valence-electron chi connectivity index (χ4n) is 4.26. The zero-order valence-electron chi connectivity index (χ0n) is 21.0. The van der Waals surface area contributed by atoms with Crippen molar-refractivity contribution in [3.05, 3.63) is 89.5 Å². The van der Waals surface area contributed by atoms with E-state index in [0.29, 0.717) is 24.4 Å². The second kappa shape index (κ2) is 11.5. The molecule has 0 aromatic heterocycles. The Morgan fingerprint density at radius 1 is 1.03 bits per heavy atom. The van der Waals surface area contributed by atoms with Gasteiger partial charge >= 0.3 is 0 Å². The van der Waals surface area contributed by atoms with Crippen LogP contribution in [-0.2, 0) is 32.7 Å². The number of carbonyl (C=O) groups excluding carboxylic acids is 2. The molecule has 0 atom stereocenters. The van der Waals surface area contributed by atoms with Crippen LogP contribution in [0.2, 0.25) is 0 Å². The average molecular weight is 522 g/mol.